The summed E-state index contributed by atoms with van der Waals surface area (Å²) in [5.41, 5.74) is 0. The Bertz CT molecular complexity index is 300. The molecule has 0 aromatic heterocycles. The highest BCUT2D eigenvalue weighted by Gasteiger charge is 2.37. The van der Waals surface area contributed by atoms with Crippen LogP contribution in [0.4, 0.5) is 0 Å². The van der Waals surface area contributed by atoms with Gasteiger partial charge in [0.05, 0.1) is 11.0 Å². The highest BCUT2D eigenvalue weighted by Crippen LogP contribution is 2.31. The zero-order valence-electron chi connectivity index (χ0n) is 10.7. The van der Waals surface area contributed by atoms with E-state index in [1.54, 1.807) is 0 Å². The van der Waals surface area contributed by atoms with Crippen molar-refractivity contribution in [1.82, 2.24) is 5.32 Å². The minimum atomic E-state index is -2.90. The molecule has 96 valence electrons. The van der Waals surface area contributed by atoms with E-state index in [0.717, 1.165) is 25.7 Å². The molecule has 1 N–H and O–H groups in total. The van der Waals surface area contributed by atoms with Crippen LogP contribution in [0.5, 0.6) is 0 Å². The van der Waals surface area contributed by atoms with Crippen molar-refractivity contribution in [3.63, 3.8) is 0 Å². The standard InChI is InChI=1S/C12H25NO2S/c1-4-8-16(14,15)12-9-10(5-2)6-7-11(12)13-3/h10-13H,4-9H2,1-3H3. The van der Waals surface area contributed by atoms with Crippen molar-refractivity contribution in [2.75, 3.05) is 12.8 Å². The van der Waals surface area contributed by atoms with Gasteiger partial charge in [0, 0.05) is 6.04 Å². The Hall–Kier alpha value is -0.0900. The van der Waals surface area contributed by atoms with Crippen LogP contribution in [0, 0.1) is 5.92 Å². The van der Waals surface area contributed by atoms with Crippen LogP contribution in [0.2, 0.25) is 0 Å². The number of nitrogens with one attached hydrogen (secondary N) is 1. The van der Waals surface area contributed by atoms with Crippen LogP contribution in [-0.2, 0) is 9.84 Å². The van der Waals surface area contributed by atoms with Crippen molar-refractivity contribution >= 4 is 9.84 Å². The molecule has 1 aliphatic carbocycles. The van der Waals surface area contributed by atoms with Gasteiger partial charge < -0.3 is 5.32 Å². The summed E-state index contributed by atoms with van der Waals surface area (Å²) in [7, 11) is -1.02. The first-order valence-corrected chi connectivity index (χ1v) is 8.15. The average molecular weight is 247 g/mol. The molecule has 4 heteroatoms. The maximum Gasteiger partial charge on any atom is 0.154 e. The Morgan fingerprint density at radius 2 is 1.94 bits per heavy atom. The van der Waals surface area contributed by atoms with E-state index in [4.69, 9.17) is 0 Å². The molecule has 0 aromatic carbocycles. The summed E-state index contributed by atoms with van der Waals surface area (Å²) < 4.78 is 24.4. The Morgan fingerprint density at radius 3 is 2.44 bits per heavy atom. The molecule has 3 nitrogen and oxygen atoms in total. The van der Waals surface area contributed by atoms with Gasteiger partial charge in [-0.1, -0.05) is 20.3 Å². The van der Waals surface area contributed by atoms with E-state index in [2.05, 4.69) is 12.2 Å². The summed E-state index contributed by atoms with van der Waals surface area (Å²) in [5.74, 6) is 0.938. The highest BCUT2D eigenvalue weighted by atomic mass is 32.2. The van der Waals surface area contributed by atoms with Gasteiger partial charge in [-0.25, -0.2) is 8.42 Å². The molecule has 0 spiro atoms. The first kappa shape index (κ1) is 14.0. The fourth-order valence-electron chi connectivity index (χ4n) is 2.75. The van der Waals surface area contributed by atoms with Crippen molar-refractivity contribution < 1.29 is 8.42 Å². The molecule has 0 saturated heterocycles. The Morgan fingerprint density at radius 1 is 1.25 bits per heavy atom. The lowest BCUT2D eigenvalue weighted by molar-refractivity contribution is 0.296. The SMILES string of the molecule is CCCS(=O)(=O)C1CC(CC)CCC1NC. The molecule has 3 atom stereocenters. The van der Waals surface area contributed by atoms with Crippen LogP contribution in [-0.4, -0.2) is 32.5 Å². The monoisotopic (exact) mass is 247 g/mol. The second-order valence-electron chi connectivity index (χ2n) is 4.89. The lowest BCUT2D eigenvalue weighted by Gasteiger charge is -2.35. The van der Waals surface area contributed by atoms with Gasteiger partial charge in [0.25, 0.3) is 0 Å². The van der Waals surface area contributed by atoms with Crippen molar-refractivity contribution in [2.45, 2.75) is 57.2 Å². The van der Waals surface area contributed by atoms with Crippen LogP contribution in [0.25, 0.3) is 0 Å². The molecule has 1 fully saturated rings. The predicted molar refractivity (Wildman–Crippen MR) is 68.3 cm³/mol. The van der Waals surface area contributed by atoms with Gasteiger partial charge in [0.1, 0.15) is 0 Å². The van der Waals surface area contributed by atoms with E-state index in [0.29, 0.717) is 11.7 Å². The molecule has 0 radical (unpaired) electrons. The maximum atomic E-state index is 12.2. The van der Waals surface area contributed by atoms with Gasteiger partial charge in [-0.15, -0.1) is 0 Å². The minimum Gasteiger partial charge on any atom is -0.316 e. The van der Waals surface area contributed by atoms with E-state index in [1.165, 1.54) is 6.42 Å². The molecule has 3 unspecified atom stereocenters. The largest absolute Gasteiger partial charge is 0.316 e. The quantitative estimate of drug-likeness (QED) is 0.808. The molecular weight excluding hydrogens is 222 g/mol. The molecular formula is C12H25NO2S. The van der Waals surface area contributed by atoms with Crippen LogP contribution < -0.4 is 5.32 Å². The van der Waals surface area contributed by atoms with Crippen molar-refractivity contribution in [3.05, 3.63) is 0 Å². The summed E-state index contributed by atoms with van der Waals surface area (Å²) in [6.07, 6.45) is 4.85. The van der Waals surface area contributed by atoms with Crippen LogP contribution >= 0.6 is 0 Å². The second-order valence-corrected chi connectivity index (χ2v) is 7.23. The molecule has 1 saturated carbocycles. The molecule has 0 heterocycles. The predicted octanol–water partition coefficient (Wildman–Crippen LogP) is 1.98. The third-order valence-electron chi connectivity index (χ3n) is 3.80. The highest BCUT2D eigenvalue weighted by molar-refractivity contribution is 7.92. The summed E-state index contributed by atoms with van der Waals surface area (Å²) in [6.45, 7) is 4.10. The fraction of sp³-hybridized carbons (Fsp3) is 1.00. The van der Waals surface area contributed by atoms with Crippen molar-refractivity contribution in [3.8, 4) is 0 Å². The Balaban J connectivity index is 2.79. The van der Waals surface area contributed by atoms with Gasteiger partial charge in [0.15, 0.2) is 9.84 Å². The van der Waals surface area contributed by atoms with Crippen molar-refractivity contribution in [2.24, 2.45) is 5.92 Å². The zero-order valence-corrected chi connectivity index (χ0v) is 11.5. The lowest BCUT2D eigenvalue weighted by atomic mass is 9.84. The van der Waals surface area contributed by atoms with Crippen LogP contribution in [0.1, 0.15) is 46.0 Å². The summed E-state index contributed by atoms with van der Waals surface area (Å²) in [4.78, 5) is 0. The van der Waals surface area contributed by atoms with Crippen LogP contribution in [0.3, 0.4) is 0 Å². The zero-order chi connectivity index (χ0) is 12.2. The summed E-state index contributed by atoms with van der Waals surface area (Å²) >= 11 is 0. The van der Waals surface area contributed by atoms with Gasteiger partial charge in [0.2, 0.25) is 0 Å². The third-order valence-corrected chi connectivity index (χ3v) is 6.22. The Labute approximate surface area is 99.9 Å². The molecule has 1 rings (SSSR count). The van der Waals surface area contributed by atoms with Gasteiger partial charge >= 0.3 is 0 Å². The lowest BCUT2D eigenvalue weighted by Crippen LogP contribution is -2.47. The molecule has 0 aliphatic heterocycles. The van der Waals surface area contributed by atoms with Gasteiger partial charge in [-0.3, -0.25) is 0 Å². The van der Waals surface area contributed by atoms with E-state index >= 15 is 0 Å². The molecule has 0 bridgehead atoms. The summed E-state index contributed by atoms with van der Waals surface area (Å²) in [5, 5.41) is 3.03. The Kier molecular flexibility index (Phi) is 5.25. The second kappa shape index (κ2) is 6.01. The molecule has 1 aliphatic rings. The van der Waals surface area contributed by atoms with E-state index in [-0.39, 0.29) is 11.3 Å². The minimum absolute atomic E-state index is 0.156. The number of rotatable bonds is 5. The first-order valence-electron chi connectivity index (χ1n) is 6.44. The van der Waals surface area contributed by atoms with E-state index in [9.17, 15) is 8.42 Å². The maximum absolute atomic E-state index is 12.2. The average Bonchev–Trinajstić information content (AvgIpc) is 2.28. The molecule has 0 aromatic rings. The first-order chi connectivity index (χ1) is 7.55. The van der Waals surface area contributed by atoms with Gasteiger partial charge in [-0.2, -0.15) is 0 Å². The van der Waals surface area contributed by atoms with Gasteiger partial charge in [-0.05, 0) is 38.6 Å². The number of sulfone groups is 1. The van der Waals surface area contributed by atoms with E-state index < -0.39 is 9.84 Å². The fourth-order valence-corrected chi connectivity index (χ4v) is 4.96. The topological polar surface area (TPSA) is 46.2 Å². The normalized spacial score (nSPS) is 31.6. The number of hydrogen-bond donors (Lipinski definition) is 1. The molecule has 16 heavy (non-hydrogen) atoms. The van der Waals surface area contributed by atoms with Crippen LogP contribution in [0.15, 0.2) is 0 Å². The van der Waals surface area contributed by atoms with E-state index in [1.807, 2.05) is 14.0 Å². The molecule has 0 amide bonds. The summed E-state index contributed by atoms with van der Waals surface area (Å²) in [6, 6.07) is 0.166. The third kappa shape index (κ3) is 3.20. The van der Waals surface area contributed by atoms with Crippen molar-refractivity contribution in [1.29, 1.82) is 0 Å². The number of hydrogen-bond acceptors (Lipinski definition) is 3. The smallest absolute Gasteiger partial charge is 0.154 e.